The average Bonchev–Trinajstić information content (AvgIpc) is 3.20. The number of likely N-dealkylation sites (N-methyl/N-ethyl adjacent to an activating group) is 2. The average molecular weight is 352 g/mol. The van der Waals surface area contributed by atoms with Crippen LogP contribution >= 0.6 is 0 Å². The minimum Gasteiger partial charge on any atom is -0.381 e. The van der Waals surface area contributed by atoms with Gasteiger partial charge in [0.25, 0.3) is 0 Å². The molecule has 3 saturated heterocycles. The van der Waals surface area contributed by atoms with E-state index in [9.17, 15) is 9.00 Å². The van der Waals surface area contributed by atoms with Crippen molar-refractivity contribution >= 4 is 16.8 Å². The van der Waals surface area contributed by atoms with Gasteiger partial charge in [-0.25, -0.2) is 4.79 Å². The van der Waals surface area contributed by atoms with Crippen LogP contribution in [0.5, 0.6) is 0 Å². The van der Waals surface area contributed by atoms with Gasteiger partial charge in [-0.1, -0.05) is 0 Å². The van der Waals surface area contributed by atoms with Gasteiger partial charge in [0.2, 0.25) is 0 Å². The summed E-state index contributed by atoms with van der Waals surface area (Å²) < 4.78 is 24.4. The lowest BCUT2D eigenvalue weighted by molar-refractivity contribution is -0.0334. The van der Waals surface area contributed by atoms with Gasteiger partial charge in [-0.3, -0.25) is 4.21 Å². The zero-order chi connectivity index (χ0) is 17.5. The van der Waals surface area contributed by atoms with Gasteiger partial charge in [0.15, 0.2) is 0 Å². The van der Waals surface area contributed by atoms with Crippen molar-refractivity contribution in [2.45, 2.75) is 12.8 Å². The minimum absolute atomic E-state index is 0.130. The molecule has 0 bridgehead atoms. The monoisotopic (exact) mass is 352 g/mol. The first-order valence-corrected chi connectivity index (χ1v) is 9.86. The summed E-state index contributed by atoms with van der Waals surface area (Å²) in [6.07, 6.45) is 5.83. The summed E-state index contributed by atoms with van der Waals surface area (Å²) in [7, 11) is 3.01. The van der Waals surface area contributed by atoms with Crippen LogP contribution < -0.4 is 0 Å². The molecule has 0 radical (unpaired) electrons. The van der Waals surface area contributed by atoms with E-state index in [0.717, 1.165) is 52.7 Å². The van der Waals surface area contributed by atoms with Crippen LogP contribution in [0.1, 0.15) is 12.8 Å². The van der Waals surface area contributed by atoms with Crippen molar-refractivity contribution in [1.29, 1.82) is 0 Å². The van der Waals surface area contributed by atoms with Crippen LogP contribution in [-0.4, -0.2) is 99.4 Å². The number of hydrogen-bond donors (Lipinski definition) is 0. The molecule has 2 amide bonds. The molecule has 0 aromatic carbocycles. The Morgan fingerprint density at radius 1 is 0.783 bits per heavy atom. The largest absolute Gasteiger partial charge is 0.381 e. The molecule has 3 rings (SSSR count). The molecule has 0 N–H and O–H groups in total. The molecule has 23 heavy (non-hydrogen) atoms. The lowest BCUT2D eigenvalue weighted by Gasteiger charge is -2.09. The predicted molar refractivity (Wildman–Crippen MR) is 92.3 cm³/mol. The van der Waals surface area contributed by atoms with E-state index >= 15 is 0 Å². The number of carbonyl (C=O) groups is 1. The molecule has 8 heteroatoms. The minimum atomic E-state index is -0.611. The quantitative estimate of drug-likeness (QED) is 0.645. The molecule has 3 aliphatic heterocycles. The Morgan fingerprint density at radius 3 is 1.22 bits per heavy atom. The SMILES string of the molecule is C1CCOC1.C1COCCO1.CN1CCN(C)C1=O.CS(C)=O. The third-order valence-electron chi connectivity index (χ3n) is 3.00. The number of hydrogen-bond acceptors (Lipinski definition) is 5. The second-order valence-electron chi connectivity index (χ2n) is 5.41. The van der Waals surface area contributed by atoms with E-state index in [4.69, 9.17) is 14.2 Å². The molecule has 0 aliphatic carbocycles. The summed E-state index contributed by atoms with van der Waals surface area (Å²) in [5.74, 6) is 0. The van der Waals surface area contributed by atoms with Gasteiger partial charge in [0.1, 0.15) is 0 Å². The summed E-state index contributed by atoms with van der Waals surface area (Å²) >= 11 is 0. The van der Waals surface area contributed by atoms with Gasteiger partial charge < -0.3 is 24.0 Å². The Kier molecular flexibility index (Phi) is 14.4. The van der Waals surface area contributed by atoms with Crippen LogP contribution in [0.25, 0.3) is 0 Å². The van der Waals surface area contributed by atoms with Gasteiger partial charge in [-0.05, 0) is 12.8 Å². The Balaban J connectivity index is 0.000000291. The molecule has 138 valence electrons. The number of amides is 2. The maximum Gasteiger partial charge on any atom is 0.319 e. The first-order valence-electron chi connectivity index (χ1n) is 7.89. The van der Waals surface area contributed by atoms with Gasteiger partial charge in [0.05, 0.1) is 26.4 Å². The highest BCUT2D eigenvalue weighted by atomic mass is 32.2. The van der Waals surface area contributed by atoms with Crippen LogP contribution in [0.2, 0.25) is 0 Å². The lowest BCUT2D eigenvalue weighted by Crippen LogP contribution is -2.25. The van der Waals surface area contributed by atoms with E-state index in [2.05, 4.69) is 0 Å². The standard InChI is InChI=1S/C5H10N2O.C4H8O2.C4H8O.C2H6OS/c1-6-3-4-7(2)5(6)8;1-2-6-4-3-5-1;1-2-4-5-3-1;1-4(2)3/h3-4H2,1-2H3;1-4H2;1-4H2;1-2H3. The van der Waals surface area contributed by atoms with Crippen molar-refractivity contribution in [3.05, 3.63) is 0 Å². The van der Waals surface area contributed by atoms with Crippen molar-refractivity contribution in [3.63, 3.8) is 0 Å². The fourth-order valence-corrected chi connectivity index (χ4v) is 1.73. The highest BCUT2D eigenvalue weighted by Gasteiger charge is 2.20. The van der Waals surface area contributed by atoms with Crippen LogP contribution in [0.4, 0.5) is 4.79 Å². The maximum atomic E-state index is 10.8. The molecule has 0 aromatic heterocycles. The van der Waals surface area contributed by atoms with Crippen molar-refractivity contribution in [1.82, 2.24) is 9.80 Å². The molecule has 0 unspecified atom stereocenters. The van der Waals surface area contributed by atoms with Gasteiger partial charge in [-0.15, -0.1) is 0 Å². The fraction of sp³-hybridized carbons (Fsp3) is 0.933. The molecule has 3 aliphatic rings. The normalized spacial score (nSPS) is 20.1. The topological polar surface area (TPSA) is 68.3 Å². The Bertz CT molecular complexity index is 288. The zero-order valence-electron chi connectivity index (χ0n) is 14.9. The molecule has 0 spiro atoms. The molecule has 7 nitrogen and oxygen atoms in total. The van der Waals surface area contributed by atoms with Gasteiger partial charge in [0, 0.05) is 63.7 Å². The smallest absolute Gasteiger partial charge is 0.319 e. The number of nitrogens with zero attached hydrogens (tertiary/aromatic N) is 2. The number of rotatable bonds is 0. The third-order valence-corrected chi connectivity index (χ3v) is 3.00. The van der Waals surface area contributed by atoms with E-state index in [1.165, 1.54) is 12.8 Å². The highest BCUT2D eigenvalue weighted by Crippen LogP contribution is 2.00. The molecule has 3 heterocycles. The molecule has 3 fully saturated rings. The number of urea groups is 1. The van der Waals surface area contributed by atoms with Crippen molar-refractivity contribution in [3.8, 4) is 0 Å². The Labute approximate surface area is 142 Å². The third kappa shape index (κ3) is 14.6. The molecule has 0 aromatic rings. The number of ether oxygens (including phenoxy) is 3. The molecule has 0 saturated carbocycles. The van der Waals surface area contributed by atoms with Crippen molar-refractivity contribution in [2.75, 3.05) is 79.3 Å². The Hall–Kier alpha value is -0.700. The first kappa shape index (κ1) is 22.3. The maximum absolute atomic E-state index is 10.8. The van der Waals surface area contributed by atoms with Gasteiger partial charge in [-0.2, -0.15) is 0 Å². The summed E-state index contributed by atoms with van der Waals surface area (Å²) in [4.78, 5) is 14.2. The molecule has 0 atom stereocenters. The van der Waals surface area contributed by atoms with Crippen LogP contribution in [0.15, 0.2) is 0 Å². The van der Waals surface area contributed by atoms with Gasteiger partial charge >= 0.3 is 6.03 Å². The van der Waals surface area contributed by atoms with E-state index < -0.39 is 10.8 Å². The number of carbonyl (C=O) groups excluding carboxylic acids is 1. The van der Waals surface area contributed by atoms with Crippen molar-refractivity contribution < 1.29 is 23.2 Å². The second-order valence-corrected chi connectivity index (χ2v) is 6.89. The summed E-state index contributed by atoms with van der Waals surface area (Å²) in [5, 5.41) is 0. The second kappa shape index (κ2) is 14.9. The summed E-state index contributed by atoms with van der Waals surface area (Å²) in [5.41, 5.74) is 0. The lowest BCUT2D eigenvalue weighted by atomic mass is 10.4. The van der Waals surface area contributed by atoms with Crippen molar-refractivity contribution in [2.24, 2.45) is 0 Å². The summed E-state index contributed by atoms with van der Waals surface area (Å²) in [6, 6.07) is 0.130. The highest BCUT2D eigenvalue weighted by molar-refractivity contribution is 7.83. The molecular formula is C15H32N2O5S. The van der Waals surface area contributed by atoms with Crippen LogP contribution in [0, 0.1) is 0 Å². The van der Waals surface area contributed by atoms with E-state index in [1.807, 2.05) is 14.1 Å². The van der Waals surface area contributed by atoms with E-state index in [0.29, 0.717) is 0 Å². The first-order chi connectivity index (χ1) is 10.9. The van der Waals surface area contributed by atoms with E-state index in [-0.39, 0.29) is 6.03 Å². The van der Waals surface area contributed by atoms with E-state index in [1.54, 1.807) is 22.3 Å². The van der Waals surface area contributed by atoms with Crippen LogP contribution in [0.3, 0.4) is 0 Å². The molecular weight excluding hydrogens is 320 g/mol. The van der Waals surface area contributed by atoms with Crippen LogP contribution in [-0.2, 0) is 25.0 Å². The summed E-state index contributed by atoms with van der Waals surface area (Å²) in [6.45, 7) is 6.85. The zero-order valence-corrected chi connectivity index (χ0v) is 15.7. The fourth-order valence-electron chi connectivity index (χ4n) is 1.73. The Morgan fingerprint density at radius 2 is 1.09 bits per heavy atom. The predicted octanol–water partition coefficient (Wildman–Crippen LogP) is 0.808.